The van der Waals surface area contributed by atoms with E-state index in [9.17, 15) is 18.0 Å². The smallest absolute Gasteiger partial charge is 0.309 e. The average molecular weight is 529 g/mol. The molecule has 0 atom stereocenters. The van der Waals surface area contributed by atoms with Gasteiger partial charge < -0.3 is 9.47 Å². The summed E-state index contributed by atoms with van der Waals surface area (Å²) in [6.45, 7) is 7.17. The van der Waals surface area contributed by atoms with Crippen LogP contribution in [0, 0.1) is 0 Å². The average Bonchev–Trinajstić information content (AvgIpc) is 3.62. The third-order valence-corrected chi connectivity index (χ3v) is 6.89. The molecule has 5 aromatic rings. The Morgan fingerprint density at radius 1 is 1.08 bits per heavy atom. The number of para-hydroxylation sites is 2. The van der Waals surface area contributed by atoms with Gasteiger partial charge in [-0.1, -0.05) is 32.0 Å². The summed E-state index contributed by atoms with van der Waals surface area (Å²) in [4.78, 5) is 28.7. The number of fused-ring (bicyclic) bond motifs is 2. The number of likely N-dealkylation sites (N-methyl/N-ethyl adjacent to an activating group) is 1. The summed E-state index contributed by atoms with van der Waals surface area (Å²) in [6, 6.07) is 11.7. The lowest BCUT2D eigenvalue weighted by Crippen LogP contribution is -2.28. The van der Waals surface area contributed by atoms with Gasteiger partial charge in [-0.25, -0.2) is 9.97 Å². The van der Waals surface area contributed by atoms with Crippen LogP contribution in [0.1, 0.15) is 30.2 Å². The number of rotatable bonds is 8. The number of halogens is 3. The molecule has 1 aromatic carbocycles. The summed E-state index contributed by atoms with van der Waals surface area (Å²) in [5, 5.41) is 8.28. The molecular formula is C24H23F3N8OS. The monoisotopic (exact) mass is 528 g/mol. The molecule has 37 heavy (non-hydrogen) atoms. The van der Waals surface area contributed by atoms with Crippen molar-refractivity contribution in [1.29, 1.82) is 0 Å². The van der Waals surface area contributed by atoms with Gasteiger partial charge in [-0.2, -0.15) is 22.7 Å². The molecular weight excluding hydrogens is 505 g/mol. The summed E-state index contributed by atoms with van der Waals surface area (Å²) in [6.07, 6.45) is -4.73. The van der Waals surface area contributed by atoms with Gasteiger partial charge in [-0.15, -0.1) is 16.4 Å². The molecule has 9 nitrogen and oxygen atoms in total. The first-order valence-corrected chi connectivity index (χ1v) is 12.5. The van der Waals surface area contributed by atoms with Crippen LogP contribution in [0.4, 0.5) is 19.1 Å². The molecule has 0 aliphatic heterocycles. The van der Waals surface area contributed by atoms with Crippen LogP contribution in [0.5, 0.6) is 0 Å². The first-order chi connectivity index (χ1) is 17.8. The van der Waals surface area contributed by atoms with Crippen molar-refractivity contribution in [3.05, 3.63) is 59.4 Å². The number of alkyl halides is 3. The van der Waals surface area contributed by atoms with Gasteiger partial charge in [-0.3, -0.25) is 10.1 Å². The van der Waals surface area contributed by atoms with Crippen molar-refractivity contribution in [2.75, 3.05) is 25.0 Å². The number of carbonyl (C=O) groups excluding carboxylic acids is 1. The van der Waals surface area contributed by atoms with Crippen molar-refractivity contribution in [3.8, 4) is 10.6 Å². The third-order valence-electron chi connectivity index (χ3n) is 5.99. The Morgan fingerprint density at radius 2 is 1.86 bits per heavy atom. The Kier molecular flexibility index (Phi) is 6.65. The van der Waals surface area contributed by atoms with Gasteiger partial charge in [0, 0.05) is 13.1 Å². The summed E-state index contributed by atoms with van der Waals surface area (Å²) in [7, 11) is 0. The minimum Gasteiger partial charge on any atom is -0.309 e. The van der Waals surface area contributed by atoms with Crippen LogP contribution < -0.4 is 5.32 Å². The second-order valence-electron chi connectivity index (χ2n) is 8.21. The van der Waals surface area contributed by atoms with Crippen LogP contribution in [0.25, 0.3) is 27.4 Å². The highest BCUT2D eigenvalue weighted by Crippen LogP contribution is 2.33. The predicted molar refractivity (Wildman–Crippen MR) is 135 cm³/mol. The Hall–Kier alpha value is -3.84. The molecule has 0 aliphatic carbocycles. The third kappa shape index (κ3) is 4.91. The van der Waals surface area contributed by atoms with Gasteiger partial charge in [0.2, 0.25) is 11.8 Å². The van der Waals surface area contributed by atoms with Crippen molar-refractivity contribution < 1.29 is 18.0 Å². The molecule has 192 valence electrons. The predicted octanol–water partition coefficient (Wildman–Crippen LogP) is 4.82. The molecule has 0 bridgehead atoms. The zero-order valence-corrected chi connectivity index (χ0v) is 20.8. The molecule has 0 saturated heterocycles. The fraction of sp³-hybridized carbons (Fsp3) is 0.292. The molecule has 4 aromatic heterocycles. The quantitative estimate of drug-likeness (QED) is 0.311. The van der Waals surface area contributed by atoms with Gasteiger partial charge in [0.1, 0.15) is 0 Å². The van der Waals surface area contributed by atoms with Crippen molar-refractivity contribution in [1.82, 2.24) is 34.0 Å². The highest BCUT2D eigenvalue weighted by molar-refractivity contribution is 7.13. The van der Waals surface area contributed by atoms with Crippen LogP contribution in [0.2, 0.25) is 0 Å². The van der Waals surface area contributed by atoms with E-state index in [2.05, 4.69) is 44.1 Å². The number of nitrogens with zero attached hydrogens (tertiary/aromatic N) is 7. The van der Waals surface area contributed by atoms with Gasteiger partial charge in [-0.05, 0) is 42.7 Å². The summed E-state index contributed by atoms with van der Waals surface area (Å²) >= 11 is 1.25. The van der Waals surface area contributed by atoms with E-state index in [1.807, 2.05) is 28.8 Å². The molecule has 1 amide bonds. The molecule has 0 fully saturated rings. The Balaban J connectivity index is 1.51. The Morgan fingerprint density at radius 3 is 2.57 bits per heavy atom. The van der Waals surface area contributed by atoms with Crippen LogP contribution in [0.3, 0.4) is 0 Å². The zero-order chi connectivity index (χ0) is 26.2. The van der Waals surface area contributed by atoms with E-state index in [1.165, 1.54) is 11.3 Å². The number of nitrogens with one attached hydrogen (secondary N) is 1. The molecule has 13 heteroatoms. The van der Waals surface area contributed by atoms with Gasteiger partial charge in [0.15, 0.2) is 5.69 Å². The van der Waals surface area contributed by atoms with E-state index in [1.54, 1.807) is 17.5 Å². The van der Waals surface area contributed by atoms with Crippen LogP contribution in [-0.4, -0.2) is 59.6 Å². The van der Waals surface area contributed by atoms with Crippen LogP contribution in [-0.2, 0) is 12.7 Å². The second kappa shape index (κ2) is 9.90. The summed E-state index contributed by atoms with van der Waals surface area (Å²) < 4.78 is 44.0. The topological polar surface area (TPSA) is 93.2 Å². The minimum atomic E-state index is -4.73. The number of hydrogen-bond donors (Lipinski definition) is 1. The number of carbonyl (C=O) groups is 1. The molecule has 0 saturated carbocycles. The molecule has 1 N–H and O–H groups in total. The fourth-order valence-corrected chi connectivity index (χ4v) is 4.74. The fourth-order valence-electron chi connectivity index (χ4n) is 4.05. The van der Waals surface area contributed by atoms with Crippen LogP contribution >= 0.6 is 11.3 Å². The lowest BCUT2D eigenvalue weighted by molar-refractivity contribution is -0.142. The number of benzene rings is 1. The zero-order valence-electron chi connectivity index (χ0n) is 20.0. The number of hydrogen-bond acceptors (Lipinski definition) is 7. The standard InChI is InChI=1S/C24H23F3N8OS/c1-3-33(4-2)11-12-34-17-9-6-5-8-15(17)28-22(34)31-21(36)20-30-23-29-16(18-10-7-13-37-18)14-19(24(25,26)27)35(23)32-20/h5-10,13-14H,3-4,11-12H2,1-2H3,(H,28,31,36). The van der Waals surface area contributed by atoms with Crippen LogP contribution in [0.15, 0.2) is 47.8 Å². The van der Waals surface area contributed by atoms with E-state index < -0.39 is 23.6 Å². The van der Waals surface area contributed by atoms with Crippen molar-refractivity contribution in [2.45, 2.75) is 26.6 Å². The first kappa shape index (κ1) is 24.8. The molecule has 0 aliphatic rings. The van der Waals surface area contributed by atoms with Crippen molar-refractivity contribution in [2.24, 2.45) is 0 Å². The summed E-state index contributed by atoms with van der Waals surface area (Å²) in [5.74, 6) is -1.28. The van der Waals surface area contributed by atoms with E-state index in [0.29, 0.717) is 21.5 Å². The maximum Gasteiger partial charge on any atom is 0.433 e. The molecule has 4 heterocycles. The number of imidazole rings is 1. The normalized spacial score (nSPS) is 12.2. The first-order valence-electron chi connectivity index (χ1n) is 11.7. The van der Waals surface area contributed by atoms with E-state index in [0.717, 1.165) is 31.2 Å². The number of anilines is 1. The molecule has 0 spiro atoms. The number of thiophene rings is 1. The van der Waals surface area contributed by atoms with Gasteiger partial charge in [0.05, 0.1) is 21.6 Å². The SMILES string of the molecule is CCN(CC)CCn1c(NC(=O)c2nc3nc(-c4cccs4)cc(C(F)(F)F)n3n2)nc2ccccc21. The molecule has 0 unspecified atom stereocenters. The van der Waals surface area contributed by atoms with E-state index in [-0.39, 0.29) is 17.4 Å². The van der Waals surface area contributed by atoms with Gasteiger partial charge >= 0.3 is 6.18 Å². The highest BCUT2D eigenvalue weighted by atomic mass is 32.1. The van der Waals surface area contributed by atoms with E-state index in [4.69, 9.17) is 0 Å². The maximum atomic E-state index is 13.8. The van der Waals surface area contributed by atoms with E-state index >= 15 is 0 Å². The number of amides is 1. The Labute approximate surface area is 213 Å². The lowest BCUT2D eigenvalue weighted by Gasteiger charge is -2.19. The highest BCUT2D eigenvalue weighted by Gasteiger charge is 2.36. The largest absolute Gasteiger partial charge is 0.433 e. The van der Waals surface area contributed by atoms with Gasteiger partial charge in [0.25, 0.3) is 11.7 Å². The molecule has 5 rings (SSSR count). The van der Waals surface area contributed by atoms with Crippen molar-refractivity contribution in [3.63, 3.8) is 0 Å². The second-order valence-corrected chi connectivity index (χ2v) is 9.15. The molecule has 0 radical (unpaired) electrons. The number of aromatic nitrogens is 6. The van der Waals surface area contributed by atoms with Crippen molar-refractivity contribution >= 4 is 40.0 Å². The lowest BCUT2D eigenvalue weighted by atomic mass is 10.3. The summed E-state index contributed by atoms with van der Waals surface area (Å²) in [5.41, 5.74) is 0.544. The maximum absolute atomic E-state index is 13.8. The minimum absolute atomic E-state index is 0.104. The Bertz CT molecular complexity index is 1550.